The first-order valence-electron chi connectivity index (χ1n) is 9.08. The molecule has 0 saturated carbocycles. The first kappa shape index (κ1) is 21.9. The molecule has 0 radical (unpaired) electrons. The van der Waals surface area contributed by atoms with Crippen LogP contribution >= 0.6 is 11.6 Å². The summed E-state index contributed by atoms with van der Waals surface area (Å²) in [4.78, 5) is 17.0. The zero-order chi connectivity index (χ0) is 20.0. The van der Waals surface area contributed by atoms with E-state index in [1.165, 1.54) is 0 Å². The molecule has 0 spiro atoms. The zero-order valence-electron chi connectivity index (χ0n) is 16.2. The van der Waals surface area contributed by atoms with Gasteiger partial charge < -0.3 is 15.1 Å². The fraction of sp³-hybridized carbons (Fsp3) is 0.611. The van der Waals surface area contributed by atoms with Gasteiger partial charge in [0.25, 0.3) is 0 Å². The fourth-order valence-corrected chi connectivity index (χ4v) is 4.09. The molecular weight excluding hydrogens is 388 g/mol. The topological polar surface area (TPSA) is 73.0 Å². The Balaban J connectivity index is 1.86. The summed E-state index contributed by atoms with van der Waals surface area (Å²) >= 11 is 6.00. The summed E-state index contributed by atoms with van der Waals surface area (Å²) in [5, 5.41) is 3.25. The van der Waals surface area contributed by atoms with Gasteiger partial charge in [0.1, 0.15) is 6.54 Å². The Morgan fingerprint density at radius 3 is 2.56 bits per heavy atom. The number of hydrogen-bond donors (Lipinski definition) is 1. The summed E-state index contributed by atoms with van der Waals surface area (Å²) < 4.78 is 25.5. The normalized spacial score (nSPS) is 16.3. The second-order valence-corrected chi connectivity index (χ2v) is 9.39. The molecule has 1 aliphatic heterocycles. The first-order chi connectivity index (χ1) is 12.7. The third kappa shape index (κ3) is 6.95. The lowest BCUT2D eigenvalue weighted by atomic mass is 10.2. The maximum absolute atomic E-state index is 12.3. The minimum absolute atomic E-state index is 0.255. The van der Waals surface area contributed by atoms with Gasteiger partial charge >= 0.3 is 0 Å². The third-order valence-corrected chi connectivity index (χ3v) is 6.06. The van der Waals surface area contributed by atoms with Crippen LogP contribution in [0, 0.1) is 6.92 Å². The van der Waals surface area contributed by atoms with Crippen LogP contribution in [0.5, 0.6) is 0 Å². The average Bonchev–Trinajstić information content (AvgIpc) is 2.59. The summed E-state index contributed by atoms with van der Waals surface area (Å²) in [6.45, 7) is 7.20. The zero-order valence-corrected chi connectivity index (χ0v) is 17.8. The largest absolute Gasteiger partial charge is 0.354 e. The number of halogens is 1. The molecule has 9 heteroatoms. The second kappa shape index (κ2) is 9.73. The van der Waals surface area contributed by atoms with Gasteiger partial charge in [-0.1, -0.05) is 17.7 Å². The highest BCUT2D eigenvalue weighted by Gasteiger charge is 2.22. The maximum atomic E-state index is 12.3. The van der Waals surface area contributed by atoms with Gasteiger partial charge in [-0.2, -0.15) is 0 Å². The second-order valence-electron chi connectivity index (χ2n) is 7.05. The number of carbonyl (C=O) groups is 1. The van der Waals surface area contributed by atoms with Crippen LogP contribution in [0.1, 0.15) is 12.0 Å². The minimum Gasteiger partial charge on any atom is -0.354 e. The van der Waals surface area contributed by atoms with Crippen molar-refractivity contribution in [3.63, 3.8) is 0 Å². The molecule has 1 heterocycles. The van der Waals surface area contributed by atoms with E-state index in [0.717, 1.165) is 55.3 Å². The molecule has 27 heavy (non-hydrogen) atoms. The van der Waals surface area contributed by atoms with Gasteiger partial charge in [0, 0.05) is 37.7 Å². The highest BCUT2D eigenvalue weighted by atomic mass is 35.5. The lowest BCUT2D eigenvalue weighted by Gasteiger charge is -2.32. The molecule has 0 aromatic heterocycles. The highest BCUT2D eigenvalue weighted by molar-refractivity contribution is 7.92. The lowest BCUT2D eigenvalue weighted by Crippen LogP contribution is -2.45. The van der Waals surface area contributed by atoms with Gasteiger partial charge in [0.05, 0.1) is 11.9 Å². The van der Waals surface area contributed by atoms with Crippen molar-refractivity contribution < 1.29 is 13.2 Å². The van der Waals surface area contributed by atoms with Crippen molar-refractivity contribution >= 4 is 33.2 Å². The molecule has 1 saturated heterocycles. The number of aryl methyl sites for hydroxylation is 1. The molecule has 1 amide bonds. The number of piperazine rings is 1. The number of carbonyl (C=O) groups excluding carboxylic acids is 1. The van der Waals surface area contributed by atoms with Crippen LogP contribution < -0.4 is 9.62 Å². The Bertz CT molecular complexity index is 749. The van der Waals surface area contributed by atoms with Crippen molar-refractivity contribution in [2.75, 3.05) is 63.4 Å². The van der Waals surface area contributed by atoms with E-state index in [-0.39, 0.29) is 12.5 Å². The van der Waals surface area contributed by atoms with E-state index in [1.807, 2.05) is 0 Å². The van der Waals surface area contributed by atoms with Gasteiger partial charge in [-0.25, -0.2) is 8.42 Å². The van der Waals surface area contributed by atoms with Crippen molar-refractivity contribution in [2.45, 2.75) is 13.3 Å². The van der Waals surface area contributed by atoms with Crippen LogP contribution in [0.4, 0.5) is 5.69 Å². The van der Waals surface area contributed by atoms with Crippen molar-refractivity contribution in [1.82, 2.24) is 15.1 Å². The average molecular weight is 417 g/mol. The monoisotopic (exact) mass is 416 g/mol. The predicted molar refractivity (Wildman–Crippen MR) is 110 cm³/mol. The van der Waals surface area contributed by atoms with Crippen LogP contribution in [0.25, 0.3) is 0 Å². The molecule has 1 aromatic rings. The van der Waals surface area contributed by atoms with Crippen LogP contribution in [-0.2, 0) is 14.8 Å². The van der Waals surface area contributed by atoms with Crippen LogP contribution in [0.2, 0.25) is 5.02 Å². The molecule has 0 aliphatic carbocycles. The highest BCUT2D eigenvalue weighted by Crippen LogP contribution is 2.26. The van der Waals surface area contributed by atoms with Crippen LogP contribution in [0.15, 0.2) is 18.2 Å². The van der Waals surface area contributed by atoms with Gasteiger partial charge in [0.2, 0.25) is 15.9 Å². The Morgan fingerprint density at radius 2 is 1.93 bits per heavy atom. The van der Waals surface area contributed by atoms with Crippen molar-refractivity contribution in [3.05, 3.63) is 28.8 Å². The number of hydrogen-bond acceptors (Lipinski definition) is 5. The Labute approximate surface area is 167 Å². The summed E-state index contributed by atoms with van der Waals surface area (Å²) in [5.41, 5.74) is 1.17. The quantitative estimate of drug-likeness (QED) is 0.644. The van der Waals surface area contributed by atoms with Crippen molar-refractivity contribution in [3.8, 4) is 0 Å². The third-order valence-electron chi connectivity index (χ3n) is 4.70. The van der Waals surface area contributed by atoms with E-state index in [0.29, 0.717) is 17.3 Å². The number of benzene rings is 1. The maximum Gasteiger partial charge on any atom is 0.240 e. The van der Waals surface area contributed by atoms with Gasteiger partial charge in [-0.05, 0) is 44.6 Å². The molecule has 0 unspecified atom stereocenters. The fourth-order valence-electron chi connectivity index (χ4n) is 3.02. The summed E-state index contributed by atoms with van der Waals surface area (Å²) in [5.74, 6) is -0.321. The molecule has 0 bridgehead atoms. The number of nitrogens with one attached hydrogen (secondary N) is 1. The number of nitrogens with zero attached hydrogens (tertiary/aromatic N) is 3. The van der Waals surface area contributed by atoms with E-state index >= 15 is 0 Å². The number of amides is 1. The summed E-state index contributed by atoms with van der Waals surface area (Å²) in [6, 6.07) is 5.00. The first-order valence-corrected chi connectivity index (χ1v) is 11.3. The van der Waals surface area contributed by atoms with Crippen LogP contribution in [-0.4, -0.2) is 83.2 Å². The Hall–Kier alpha value is -1.35. The number of likely N-dealkylation sites (N-methyl/N-ethyl adjacent to an activating group) is 1. The molecule has 1 aliphatic rings. The smallest absolute Gasteiger partial charge is 0.240 e. The van der Waals surface area contributed by atoms with Crippen LogP contribution in [0.3, 0.4) is 0 Å². The van der Waals surface area contributed by atoms with Gasteiger partial charge in [-0.3, -0.25) is 9.10 Å². The Kier molecular flexibility index (Phi) is 7.91. The molecule has 1 aromatic carbocycles. The lowest BCUT2D eigenvalue weighted by molar-refractivity contribution is -0.119. The molecule has 2 rings (SSSR count). The van der Waals surface area contributed by atoms with E-state index in [2.05, 4.69) is 22.2 Å². The van der Waals surface area contributed by atoms with Crippen molar-refractivity contribution in [2.24, 2.45) is 0 Å². The predicted octanol–water partition coefficient (Wildman–Crippen LogP) is 1.17. The van der Waals surface area contributed by atoms with Crippen molar-refractivity contribution in [1.29, 1.82) is 0 Å². The van der Waals surface area contributed by atoms with E-state index in [4.69, 9.17) is 11.6 Å². The van der Waals surface area contributed by atoms with Gasteiger partial charge in [-0.15, -0.1) is 0 Å². The van der Waals surface area contributed by atoms with Gasteiger partial charge in [0.15, 0.2) is 0 Å². The van der Waals surface area contributed by atoms with E-state index < -0.39 is 10.0 Å². The molecule has 0 atom stereocenters. The summed E-state index contributed by atoms with van der Waals surface area (Å²) in [7, 11) is -1.49. The van der Waals surface area contributed by atoms with E-state index in [1.54, 1.807) is 25.1 Å². The molecule has 1 N–H and O–H groups in total. The minimum atomic E-state index is -3.60. The molecule has 152 valence electrons. The SMILES string of the molecule is Cc1ccc(Cl)cc1N(CC(=O)NCCCN1CCN(C)CC1)S(C)(=O)=O. The molecule has 1 fully saturated rings. The molecule has 7 nitrogen and oxygen atoms in total. The summed E-state index contributed by atoms with van der Waals surface area (Å²) in [6.07, 6.45) is 1.93. The number of rotatable bonds is 8. The standard InChI is InChI=1S/C18H29ClN4O3S/c1-15-5-6-16(19)13-17(15)23(27(3,25)26)14-18(24)20-7-4-8-22-11-9-21(2)10-12-22/h5-6,13H,4,7-12,14H2,1-3H3,(H,20,24). The molecular formula is C18H29ClN4O3S. The van der Waals surface area contributed by atoms with E-state index in [9.17, 15) is 13.2 Å². The number of sulfonamides is 1. The number of anilines is 1. The Morgan fingerprint density at radius 1 is 1.26 bits per heavy atom.